The van der Waals surface area contributed by atoms with Gasteiger partial charge in [-0.3, -0.25) is 0 Å². The summed E-state index contributed by atoms with van der Waals surface area (Å²) in [7, 11) is 0. The summed E-state index contributed by atoms with van der Waals surface area (Å²) in [5.41, 5.74) is 0.805. The minimum atomic E-state index is -1.26. The fourth-order valence-electron chi connectivity index (χ4n) is 1.90. The standard InChI is InChI=1S/C11H15NO2.C4H4O4/c1-9-11(13,14-8-7-12-9)10-5-3-2-4-6-10;5-3(6)1-2-4(7)8/h2-6,9,12-13H,7-8H2,1H3;1-2H,(H,5,6)(H,7,8)/b;2-1+. The topological polar surface area (TPSA) is 116 Å². The van der Waals surface area contributed by atoms with Crippen molar-refractivity contribution in [2.45, 2.75) is 18.8 Å². The van der Waals surface area contributed by atoms with Crippen molar-refractivity contribution < 1.29 is 29.6 Å². The molecule has 4 N–H and O–H groups in total. The summed E-state index contributed by atoms with van der Waals surface area (Å²) in [5.74, 6) is -3.70. The molecular formula is C15H19NO6. The summed E-state index contributed by atoms with van der Waals surface area (Å²) >= 11 is 0. The molecule has 0 amide bonds. The lowest BCUT2D eigenvalue weighted by Gasteiger charge is -2.38. The number of ether oxygens (including phenoxy) is 1. The second-order valence-electron chi connectivity index (χ2n) is 4.60. The van der Waals surface area contributed by atoms with Crippen molar-refractivity contribution in [1.29, 1.82) is 0 Å². The molecule has 2 unspecified atom stereocenters. The number of carbonyl (C=O) groups is 2. The fraction of sp³-hybridized carbons (Fsp3) is 0.333. The van der Waals surface area contributed by atoms with E-state index < -0.39 is 17.7 Å². The lowest BCUT2D eigenvalue weighted by molar-refractivity contribution is -0.245. The first-order valence-corrected chi connectivity index (χ1v) is 6.65. The predicted octanol–water partition coefficient (Wildman–Crippen LogP) is 0.552. The van der Waals surface area contributed by atoms with E-state index in [2.05, 4.69) is 5.32 Å². The van der Waals surface area contributed by atoms with Gasteiger partial charge in [0.2, 0.25) is 5.79 Å². The minimum absolute atomic E-state index is 0.0846. The molecule has 1 aromatic rings. The maximum absolute atomic E-state index is 10.3. The monoisotopic (exact) mass is 309 g/mol. The molecule has 2 rings (SSSR count). The number of rotatable bonds is 3. The lowest BCUT2D eigenvalue weighted by Crippen LogP contribution is -2.54. The molecule has 0 bridgehead atoms. The molecule has 1 aliphatic rings. The normalized spacial score (nSPS) is 24.4. The van der Waals surface area contributed by atoms with Crippen molar-refractivity contribution >= 4 is 11.9 Å². The Kier molecular flexibility index (Phi) is 6.71. The maximum Gasteiger partial charge on any atom is 0.328 e. The van der Waals surface area contributed by atoms with Crippen molar-refractivity contribution in [1.82, 2.24) is 5.32 Å². The molecule has 0 aromatic heterocycles. The number of hydrogen-bond donors (Lipinski definition) is 4. The second-order valence-corrected chi connectivity index (χ2v) is 4.60. The van der Waals surface area contributed by atoms with Crippen LogP contribution in [0.15, 0.2) is 42.5 Å². The summed E-state index contributed by atoms with van der Waals surface area (Å²) in [5, 5.41) is 29.1. The zero-order chi connectivity index (χ0) is 16.6. The van der Waals surface area contributed by atoms with Gasteiger partial charge in [-0.1, -0.05) is 30.3 Å². The molecule has 120 valence electrons. The molecule has 7 nitrogen and oxygen atoms in total. The molecule has 0 radical (unpaired) electrons. The SMILES string of the molecule is CC1NCCOC1(O)c1ccccc1.O=C(O)/C=C/C(=O)O. The van der Waals surface area contributed by atoms with Crippen LogP contribution >= 0.6 is 0 Å². The van der Waals surface area contributed by atoms with Gasteiger partial charge < -0.3 is 25.4 Å². The summed E-state index contributed by atoms with van der Waals surface area (Å²) in [6, 6.07) is 9.40. The van der Waals surface area contributed by atoms with Crippen molar-refractivity contribution in [3.8, 4) is 0 Å². The number of aliphatic hydroxyl groups is 1. The zero-order valence-electron chi connectivity index (χ0n) is 12.1. The quantitative estimate of drug-likeness (QED) is 0.603. The van der Waals surface area contributed by atoms with E-state index in [-0.39, 0.29) is 6.04 Å². The molecular weight excluding hydrogens is 290 g/mol. The van der Waals surface area contributed by atoms with E-state index in [4.69, 9.17) is 14.9 Å². The van der Waals surface area contributed by atoms with Crippen LogP contribution in [-0.4, -0.2) is 46.5 Å². The Morgan fingerprint density at radius 2 is 1.77 bits per heavy atom. The van der Waals surface area contributed by atoms with E-state index in [0.29, 0.717) is 18.8 Å². The first-order valence-electron chi connectivity index (χ1n) is 6.65. The molecule has 0 aliphatic carbocycles. The Labute approximate surface area is 127 Å². The number of benzene rings is 1. The van der Waals surface area contributed by atoms with E-state index in [1.807, 2.05) is 37.3 Å². The van der Waals surface area contributed by atoms with Gasteiger partial charge in [0.1, 0.15) is 0 Å². The van der Waals surface area contributed by atoms with Crippen LogP contribution in [0.4, 0.5) is 0 Å². The Bertz CT molecular complexity index is 514. The zero-order valence-corrected chi connectivity index (χ0v) is 12.1. The highest BCUT2D eigenvalue weighted by molar-refractivity contribution is 5.89. The summed E-state index contributed by atoms with van der Waals surface area (Å²) < 4.78 is 5.46. The van der Waals surface area contributed by atoms with Crippen LogP contribution in [0.5, 0.6) is 0 Å². The van der Waals surface area contributed by atoms with Gasteiger partial charge in [0.05, 0.1) is 12.6 Å². The maximum atomic E-state index is 10.3. The van der Waals surface area contributed by atoms with E-state index in [0.717, 1.165) is 12.1 Å². The molecule has 1 aromatic carbocycles. The van der Waals surface area contributed by atoms with Gasteiger partial charge in [0, 0.05) is 24.3 Å². The van der Waals surface area contributed by atoms with Gasteiger partial charge in [-0.25, -0.2) is 9.59 Å². The highest BCUT2D eigenvalue weighted by Gasteiger charge is 2.38. The number of carboxylic acid groups (broad SMARTS) is 2. The van der Waals surface area contributed by atoms with E-state index in [1.54, 1.807) is 0 Å². The van der Waals surface area contributed by atoms with E-state index in [9.17, 15) is 14.7 Å². The largest absolute Gasteiger partial charge is 0.478 e. The summed E-state index contributed by atoms with van der Waals surface area (Å²) in [4.78, 5) is 19.1. The Morgan fingerprint density at radius 3 is 2.23 bits per heavy atom. The van der Waals surface area contributed by atoms with Crippen LogP contribution in [0.3, 0.4) is 0 Å². The summed E-state index contributed by atoms with van der Waals surface area (Å²) in [6.45, 7) is 3.25. The number of aliphatic carboxylic acids is 2. The average molecular weight is 309 g/mol. The molecule has 1 heterocycles. The second kappa shape index (κ2) is 8.28. The van der Waals surface area contributed by atoms with Gasteiger partial charge in [-0.05, 0) is 6.92 Å². The smallest absolute Gasteiger partial charge is 0.328 e. The van der Waals surface area contributed by atoms with Gasteiger partial charge in [0.25, 0.3) is 0 Å². The predicted molar refractivity (Wildman–Crippen MR) is 78.2 cm³/mol. The van der Waals surface area contributed by atoms with Crippen LogP contribution in [0.2, 0.25) is 0 Å². The van der Waals surface area contributed by atoms with Crippen LogP contribution in [-0.2, 0) is 20.1 Å². The van der Waals surface area contributed by atoms with Gasteiger partial charge >= 0.3 is 11.9 Å². The average Bonchev–Trinajstić information content (AvgIpc) is 2.50. The van der Waals surface area contributed by atoms with Gasteiger partial charge in [-0.15, -0.1) is 0 Å². The Morgan fingerprint density at radius 1 is 1.23 bits per heavy atom. The molecule has 22 heavy (non-hydrogen) atoms. The lowest BCUT2D eigenvalue weighted by atomic mass is 9.98. The summed E-state index contributed by atoms with van der Waals surface area (Å²) in [6.07, 6.45) is 1.12. The van der Waals surface area contributed by atoms with Crippen molar-refractivity contribution in [2.75, 3.05) is 13.2 Å². The molecule has 7 heteroatoms. The number of hydrogen-bond acceptors (Lipinski definition) is 5. The van der Waals surface area contributed by atoms with Gasteiger partial charge in [0.15, 0.2) is 0 Å². The van der Waals surface area contributed by atoms with Crippen LogP contribution < -0.4 is 5.32 Å². The van der Waals surface area contributed by atoms with Crippen LogP contribution in [0.25, 0.3) is 0 Å². The fourth-order valence-corrected chi connectivity index (χ4v) is 1.90. The highest BCUT2D eigenvalue weighted by Crippen LogP contribution is 2.28. The Hall–Kier alpha value is -2.22. The molecule has 0 saturated carbocycles. The highest BCUT2D eigenvalue weighted by atomic mass is 16.6. The molecule has 2 atom stereocenters. The molecule has 1 saturated heterocycles. The van der Waals surface area contributed by atoms with E-state index >= 15 is 0 Å². The third-order valence-electron chi connectivity index (χ3n) is 3.02. The number of nitrogens with one attached hydrogen (secondary N) is 1. The molecule has 1 fully saturated rings. The third kappa shape index (κ3) is 5.28. The molecule has 0 spiro atoms. The van der Waals surface area contributed by atoms with Gasteiger partial charge in [-0.2, -0.15) is 0 Å². The number of carboxylic acids is 2. The van der Waals surface area contributed by atoms with Crippen molar-refractivity contribution in [3.05, 3.63) is 48.0 Å². The molecule has 1 aliphatic heterocycles. The Balaban J connectivity index is 0.000000261. The third-order valence-corrected chi connectivity index (χ3v) is 3.02. The van der Waals surface area contributed by atoms with E-state index in [1.165, 1.54) is 0 Å². The van der Waals surface area contributed by atoms with Crippen LogP contribution in [0.1, 0.15) is 12.5 Å². The number of morpholine rings is 1. The van der Waals surface area contributed by atoms with Crippen molar-refractivity contribution in [2.24, 2.45) is 0 Å². The van der Waals surface area contributed by atoms with Crippen LogP contribution in [0, 0.1) is 0 Å². The first kappa shape index (κ1) is 17.8. The minimum Gasteiger partial charge on any atom is -0.478 e. The first-order chi connectivity index (χ1) is 10.4. The van der Waals surface area contributed by atoms with Crippen molar-refractivity contribution in [3.63, 3.8) is 0 Å².